The molecule has 1 unspecified atom stereocenters. The van der Waals surface area contributed by atoms with E-state index in [0.29, 0.717) is 24.9 Å². The van der Waals surface area contributed by atoms with Gasteiger partial charge in [-0.25, -0.2) is 0 Å². The Morgan fingerprint density at radius 1 is 1.68 bits per heavy atom. The minimum atomic E-state index is -0.0659. The number of hydrogen-bond donors (Lipinski definition) is 2. The molecule has 1 fully saturated rings. The van der Waals surface area contributed by atoms with Gasteiger partial charge in [-0.2, -0.15) is 0 Å². The third-order valence-electron chi connectivity index (χ3n) is 3.19. The third-order valence-corrected chi connectivity index (χ3v) is 3.19. The monoisotopic (exact) mass is 288 g/mol. The van der Waals surface area contributed by atoms with Gasteiger partial charge in [0.05, 0.1) is 12.2 Å². The highest BCUT2D eigenvalue weighted by atomic mass is 35.5. The number of nitrogens with zero attached hydrogens (tertiary/aromatic N) is 2. The van der Waals surface area contributed by atoms with E-state index >= 15 is 0 Å². The Bertz CT molecular complexity index is 410. The van der Waals surface area contributed by atoms with E-state index < -0.39 is 0 Å². The molecule has 3 N–H and O–H groups in total. The fourth-order valence-corrected chi connectivity index (χ4v) is 2.29. The summed E-state index contributed by atoms with van der Waals surface area (Å²) in [4.78, 5) is 14.0. The third kappa shape index (κ3) is 4.81. The first-order valence-electron chi connectivity index (χ1n) is 6.33. The molecule has 1 aliphatic rings. The van der Waals surface area contributed by atoms with E-state index in [1.54, 1.807) is 6.07 Å². The Kier molecular flexibility index (Phi) is 6.27. The number of aryl methyl sites for hydroxylation is 1. The maximum Gasteiger partial charge on any atom is 0.240 e. The van der Waals surface area contributed by atoms with Gasteiger partial charge in [-0.1, -0.05) is 5.16 Å². The normalized spacial score (nSPS) is 19.8. The zero-order valence-electron chi connectivity index (χ0n) is 11.1. The lowest BCUT2D eigenvalue weighted by Gasteiger charge is -2.31. The zero-order valence-corrected chi connectivity index (χ0v) is 11.9. The van der Waals surface area contributed by atoms with Crippen molar-refractivity contribution in [3.8, 4) is 0 Å². The lowest BCUT2D eigenvalue weighted by atomic mass is 9.98. The van der Waals surface area contributed by atoms with Gasteiger partial charge < -0.3 is 10.3 Å². The molecule has 1 amide bonds. The highest BCUT2D eigenvalue weighted by molar-refractivity contribution is 5.90. The number of likely N-dealkylation sites (tertiary alicyclic amines) is 1. The van der Waals surface area contributed by atoms with E-state index in [1.807, 2.05) is 6.92 Å². The van der Waals surface area contributed by atoms with Crippen LogP contribution in [0.25, 0.3) is 0 Å². The molecular weight excluding hydrogens is 268 g/mol. The molecule has 0 bridgehead atoms. The zero-order chi connectivity index (χ0) is 13.0. The van der Waals surface area contributed by atoms with Crippen LogP contribution in [-0.2, 0) is 4.79 Å². The standard InChI is InChI=1S/C12H20N4O2.ClH/c1-9-5-12(18-15-9)14-11(17)8-16-4-2-3-10(6-13)7-16;/h5,10H,2-4,6-8,13H2,1H3,(H,14,17);1H. The molecule has 0 radical (unpaired) electrons. The van der Waals surface area contributed by atoms with Gasteiger partial charge in [-0.05, 0) is 38.8 Å². The van der Waals surface area contributed by atoms with Gasteiger partial charge in [0.2, 0.25) is 11.8 Å². The summed E-state index contributed by atoms with van der Waals surface area (Å²) in [6.45, 7) is 4.75. The Labute approximate surface area is 119 Å². The first kappa shape index (κ1) is 15.9. The summed E-state index contributed by atoms with van der Waals surface area (Å²) in [6, 6.07) is 1.71. The second kappa shape index (κ2) is 7.47. The predicted octanol–water partition coefficient (Wildman–Crippen LogP) is 1.01. The van der Waals surface area contributed by atoms with Crippen molar-refractivity contribution >= 4 is 24.2 Å². The van der Waals surface area contributed by atoms with E-state index in [2.05, 4.69) is 15.4 Å². The number of nitrogens with two attached hydrogens (primary N) is 1. The summed E-state index contributed by atoms with van der Waals surface area (Å²) < 4.78 is 4.95. The molecule has 19 heavy (non-hydrogen) atoms. The van der Waals surface area contributed by atoms with Gasteiger partial charge >= 0.3 is 0 Å². The Morgan fingerprint density at radius 2 is 2.47 bits per heavy atom. The van der Waals surface area contributed by atoms with E-state index in [-0.39, 0.29) is 18.3 Å². The molecule has 1 aliphatic heterocycles. The molecule has 2 rings (SSSR count). The second-order valence-corrected chi connectivity index (χ2v) is 4.86. The molecule has 0 aliphatic carbocycles. The lowest BCUT2D eigenvalue weighted by molar-refractivity contribution is -0.117. The number of carbonyl (C=O) groups is 1. The van der Waals surface area contributed by atoms with E-state index in [9.17, 15) is 4.79 Å². The molecule has 7 heteroatoms. The van der Waals surface area contributed by atoms with Crippen LogP contribution in [0.15, 0.2) is 10.6 Å². The van der Waals surface area contributed by atoms with Crippen LogP contribution in [0.1, 0.15) is 18.5 Å². The number of carbonyl (C=O) groups excluding carboxylic acids is 1. The molecule has 6 nitrogen and oxygen atoms in total. The van der Waals surface area contributed by atoms with Crippen LogP contribution in [0.2, 0.25) is 0 Å². The van der Waals surface area contributed by atoms with Crippen molar-refractivity contribution < 1.29 is 9.32 Å². The number of nitrogens with one attached hydrogen (secondary N) is 1. The molecule has 0 aromatic carbocycles. The summed E-state index contributed by atoms with van der Waals surface area (Å²) in [7, 11) is 0. The van der Waals surface area contributed by atoms with Gasteiger partial charge in [0, 0.05) is 12.6 Å². The number of amides is 1. The smallest absolute Gasteiger partial charge is 0.240 e. The average molecular weight is 289 g/mol. The van der Waals surface area contributed by atoms with Crippen molar-refractivity contribution in [2.75, 3.05) is 31.5 Å². The average Bonchev–Trinajstić information content (AvgIpc) is 2.74. The van der Waals surface area contributed by atoms with Crippen molar-refractivity contribution in [3.05, 3.63) is 11.8 Å². The van der Waals surface area contributed by atoms with Crippen LogP contribution >= 0.6 is 12.4 Å². The van der Waals surface area contributed by atoms with E-state index in [0.717, 1.165) is 31.6 Å². The van der Waals surface area contributed by atoms with Gasteiger partial charge in [-0.3, -0.25) is 15.0 Å². The van der Waals surface area contributed by atoms with Crippen LogP contribution in [0.5, 0.6) is 0 Å². The van der Waals surface area contributed by atoms with Crippen molar-refractivity contribution in [3.63, 3.8) is 0 Å². The number of piperidine rings is 1. The molecule has 1 atom stereocenters. The molecular formula is C12H21ClN4O2. The van der Waals surface area contributed by atoms with Crippen LogP contribution in [0.4, 0.5) is 5.88 Å². The molecule has 108 valence electrons. The highest BCUT2D eigenvalue weighted by Gasteiger charge is 2.20. The minimum absolute atomic E-state index is 0. The minimum Gasteiger partial charge on any atom is -0.338 e. The van der Waals surface area contributed by atoms with Crippen LogP contribution in [0, 0.1) is 12.8 Å². The van der Waals surface area contributed by atoms with Crippen LogP contribution < -0.4 is 11.1 Å². The van der Waals surface area contributed by atoms with E-state index in [1.165, 1.54) is 0 Å². The summed E-state index contributed by atoms with van der Waals surface area (Å²) in [5.41, 5.74) is 6.43. The van der Waals surface area contributed by atoms with Crippen molar-refractivity contribution in [1.82, 2.24) is 10.1 Å². The van der Waals surface area contributed by atoms with Gasteiger partial charge in [-0.15, -0.1) is 12.4 Å². The maximum atomic E-state index is 11.8. The SMILES string of the molecule is Cc1cc(NC(=O)CN2CCCC(CN)C2)on1.Cl. The second-order valence-electron chi connectivity index (χ2n) is 4.86. The van der Waals surface area contributed by atoms with Gasteiger partial charge in [0.25, 0.3) is 0 Å². The van der Waals surface area contributed by atoms with Crippen molar-refractivity contribution in [2.45, 2.75) is 19.8 Å². The number of halogens is 1. The van der Waals surface area contributed by atoms with Crippen molar-refractivity contribution in [2.24, 2.45) is 11.7 Å². The molecule has 1 saturated heterocycles. The summed E-state index contributed by atoms with van der Waals surface area (Å²) in [5.74, 6) is 0.854. The Balaban J connectivity index is 0.00000180. The topological polar surface area (TPSA) is 84.4 Å². The fraction of sp³-hybridized carbons (Fsp3) is 0.667. The summed E-state index contributed by atoms with van der Waals surface area (Å²) in [5, 5.41) is 6.42. The largest absolute Gasteiger partial charge is 0.338 e. The lowest BCUT2D eigenvalue weighted by Crippen LogP contribution is -2.42. The Morgan fingerprint density at radius 3 is 3.11 bits per heavy atom. The molecule has 0 spiro atoms. The van der Waals surface area contributed by atoms with E-state index in [4.69, 9.17) is 10.3 Å². The molecule has 0 saturated carbocycles. The van der Waals surface area contributed by atoms with Gasteiger partial charge in [0.15, 0.2) is 0 Å². The van der Waals surface area contributed by atoms with Crippen molar-refractivity contribution in [1.29, 1.82) is 0 Å². The molecule has 1 aromatic rings. The Hall–Kier alpha value is -1.11. The van der Waals surface area contributed by atoms with Gasteiger partial charge in [0.1, 0.15) is 0 Å². The number of hydrogen-bond acceptors (Lipinski definition) is 5. The highest BCUT2D eigenvalue weighted by Crippen LogP contribution is 2.15. The predicted molar refractivity (Wildman–Crippen MR) is 75.3 cm³/mol. The number of aromatic nitrogens is 1. The number of rotatable bonds is 4. The molecule has 1 aromatic heterocycles. The van der Waals surface area contributed by atoms with Crippen LogP contribution in [-0.4, -0.2) is 42.1 Å². The number of anilines is 1. The van der Waals surface area contributed by atoms with Crippen LogP contribution in [0.3, 0.4) is 0 Å². The first-order valence-corrected chi connectivity index (χ1v) is 6.33. The molecule has 2 heterocycles. The quantitative estimate of drug-likeness (QED) is 0.864. The first-order chi connectivity index (χ1) is 8.67. The maximum absolute atomic E-state index is 11.8. The summed E-state index contributed by atoms with van der Waals surface area (Å²) in [6.07, 6.45) is 2.27. The fourth-order valence-electron chi connectivity index (χ4n) is 2.29. The summed E-state index contributed by atoms with van der Waals surface area (Å²) >= 11 is 0.